The number of nitrogens with zero attached hydrogens (tertiary/aromatic N) is 4. The fourth-order valence-corrected chi connectivity index (χ4v) is 8.79. The van der Waals surface area contributed by atoms with Crippen LogP contribution in [-0.4, -0.2) is 14.1 Å². The number of rotatable bonds is 3. The molecule has 0 atom stereocenters. The van der Waals surface area contributed by atoms with Crippen molar-refractivity contribution in [3.63, 3.8) is 0 Å². The molecule has 0 aliphatic carbocycles. The molecule has 5 heterocycles. The van der Waals surface area contributed by atoms with Crippen molar-refractivity contribution in [1.82, 2.24) is 14.1 Å². The molecule has 0 saturated carbocycles. The molecule has 12 rings (SSSR count). The molecular weight excluding hydrogens is 665 g/mol. The number of nitriles is 1. The fourth-order valence-electron chi connectivity index (χ4n) is 8.79. The van der Waals surface area contributed by atoms with Crippen LogP contribution in [0.25, 0.3) is 110 Å². The van der Waals surface area contributed by atoms with E-state index in [2.05, 4.69) is 118 Å². The number of aromatic nitrogens is 3. The highest BCUT2D eigenvalue weighted by Gasteiger charge is 2.24. The summed E-state index contributed by atoms with van der Waals surface area (Å²) >= 11 is 0. The highest BCUT2D eigenvalue weighted by molar-refractivity contribution is 6.25. The third-order valence-corrected chi connectivity index (χ3v) is 11.1. The number of furan rings is 2. The molecule has 0 radical (unpaired) electrons. The Morgan fingerprint density at radius 1 is 0.463 bits per heavy atom. The van der Waals surface area contributed by atoms with Gasteiger partial charge >= 0.3 is 0 Å². The van der Waals surface area contributed by atoms with E-state index >= 15 is 0 Å². The van der Waals surface area contributed by atoms with Crippen molar-refractivity contribution in [2.75, 3.05) is 0 Å². The predicted molar refractivity (Wildman–Crippen MR) is 218 cm³/mol. The number of pyridine rings is 1. The molecule has 0 saturated heterocycles. The van der Waals surface area contributed by atoms with Crippen LogP contribution in [0.2, 0.25) is 0 Å². The number of hydrogen-bond acceptors (Lipinski definition) is 4. The highest BCUT2D eigenvalue weighted by Crippen LogP contribution is 2.45. The van der Waals surface area contributed by atoms with E-state index < -0.39 is 0 Å². The number of benzene rings is 7. The Balaban J connectivity index is 1.18. The zero-order chi connectivity index (χ0) is 35.5. The van der Waals surface area contributed by atoms with Crippen LogP contribution in [0.4, 0.5) is 0 Å². The van der Waals surface area contributed by atoms with E-state index in [4.69, 9.17) is 13.8 Å². The zero-order valence-electron chi connectivity index (χ0n) is 28.6. The van der Waals surface area contributed by atoms with E-state index in [9.17, 15) is 5.26 Å². The molecule has 250 valence electrons. The Hall–Kier alpha value is -7.62. The third-order valence-electron chi connectivity index (χ3n) is 11.1. The average Bonchev–Trinajstić information content (AvgIpc) is 3.98. The summed E-state index contributed by atoms with van der Waals surface area (Å²) in [4.78, 5) is 4.70. The van der Waals surface area contributed by atoms with Gasteiger partial charge < -0.3 is 18.0 Å². The molecule has 0 unspecified atom stereocenters. The van der Waals surface area contributed by atoms with E-state index in [1.807, 2.05) is 54.9 Å². The topological polar surface area (TPSA) is 72.8 Å². The Morgan fingerprint density at radius 2 is 0.981 bits per heavy atom. The van der Waals surface area contributed by atoms with Crippen molar-refractivity contribution < 1.29 is 8.83 Å². The molecule has 6 nitrogen and oxygen atoms in total. The molecule has 54 heavy (non-hydrogen) atoms. The quantitative estimate of drug-likeness (QED) is 0.185. The van der Waals surface area contributed by atoms with Crippen LogP contribution in [0, 0.1) is 11.3 Å². The molecule has 5 aromatic heterocycles. The van der Waals surface area contributed by atoms with Gasteiger partial charge in [-0.15, -0.1) is 0 Å². The fraction of sp³-hybridized carbons (Fsp3) is 0. The van der Waals surface area contributed by atoms with Gasteiger partial charge in [-0.25, -0.2) is 0 Å². The maximum atomic E-state index is 10.3. The second-order valence-corrected chi connectivity index (χ2v) is 13.8. The van der Waals surface area contributed by atoms with Crippen LogP contribution in [0.1, 0.15) is 5.56 Å². The van der Waals surface area contributed by atoms with Crippen LogP contribution in [0.15, 0.2) is 167 Å². The summed E-state index contributed by atoms with van der Waals surface area (Å²) in [7, 11) is 0. The van der Waals surface area contributed by atoms with E-state index in [0.29, 0.717) is 5.56 Å². The van der Waals surface area contributed by atoms with Gasteiger partial charge in [-0.2, -0.15) is 5.26 Å². The summed E-state index contributed by atoms with van der Waals surface area (Å²) in [6.07, 6.45) is 3.78. The minimum Gasteiger partial charge on any atom is -0.455 e. The summed E-state index contributed by atoms with van der Waals surface area (Å²) in [5.41, 5.74) is 11.9. The molecule has 0 fully saturated rings. The molecule has 7 aromatic carbocycles. The normalized spacial score (nSPS) is 12.1. The summed E-state index contributed by atoms with van der Waals surface area (Å²) < 4.78 is 17.8. The summed E-state index contributed by atoms with van der Waals surface area (Å²) in [6.45, 7) is 0. The minimum atomic E-state index is 0.573. The first-order chi connectivity index (χ1) is 26.8. The zero-order valence-corrected chi connectivity index (χ0v) is 28.6. The molecule has 6 heteroatoms. The van der Waals surface area contributed by atoms with E-state index in [1.54, 1.807) is 0 Å². The van der Waals surface area contributed by atoms with Gasteiger partial charge in [0.2, 0.25) is 0 Å². The average molecular weight is 691 g/mol. The van der Waals surface area contributed by atoms with Gasteiger partial charge in [0.1, 0.15) is 22.3 Å². The predicted octanol–water partition coefficient (Wildman–Crippen LogP) is 12.6. The monoisotopic (exact) mass is 690 g/mol. The van der Waals surface area contributed by atoms with E-state index in [0.717, 1.165) is 110 Å². The second kappa shape index (κ2) is 10.7. The van der Waals surface area contributed by atoms with Crippen LogP contribution in [0.3, 0.4) is 0 Å². The second-order valence-electron chi connectivity index (χ2n) is 13.8. The third kappa shape index (κ3) is 3.79. The van der Waals surface area contributed by atoms with Gasteiger partial charge in [-0.3, -0.25) is 4.98 Å². The van der Waals surface area contributed by atoms with E-state index in [1.165, 1.54) is 0 Å². The van der Waals surface area contributed by atoms with Gasteiger partial charge in [0.25, 0.3) is 0 Å². The lowest BCUT2D eigenvalue weighted by Gasteiger charge is -2.18. The molecule has 0 N–H and O–H groups in total. The standard InChI is InChI=1S/C48H26N4O2/c49-26-28-17-18-29(41(25-28)51-37-13-5-1-11-35(37)45-39(51)21-19-33-31-9-3-7-15-43(31)53-47(33)45)30-23-24-50-27-42(30)52-38-14-6-2-12-36(38)46-40(52)22-20-34-32-10-4-8-16-44(32)54-48(34)46/h1-25,27H. The lowest BCUT2D eigenvalue weighted by atomic mass is 10.00. The SMILES string of the molecule is N#Cc1ccc(-c2ccncc2-n2c3ccccc3c3c4oc5ccccc5c4ccc32)c(-n2c3ccccc3c3c4oc5ccccc5c4ccc32)c1. The Labute approximate surface area is 306 Å². The van der Waals surface area contributed by atoms with Gasteiger partial charge in [-0.05, 0) is 66.7 Å². The van der Waals surface area contributed by atoms with Gasteiger partial charge in [-0.1, -0.05) is 78.9 Å². The molecule has 0 aliphatic heterocycles. The van der Waals surface area contributed by atoms with Gasteiger partial charge in [0, 0.05) is 49.6 Å². The van der Waals surface area contributed by atoms with Gasteiger partial charge in [0.15, 0.2) is 0 Å². The van der Waals surface area contributed by atoms with Crippen molar-refractivity contribution in [3.8, 4) is 28.6 Å². The number of fused-ring (bicyclic) bond motifs is 14. The first-order valence-electron chi connectivity index (χ1n) is 17.9. The molecular formula is C48H26N4O2. The van der Waals surface area contributed by atoms with Crippen molar-refractivity contribution in [2.24, 2.45) is 0 Å². The van der Waals surface area contributed by atoms with Crippen LogP contribution < -0.4 is 0 Å². The molecule has 12 aromatic rings. The lowest BCUT2D eigenvalue weighted by molar-refractivity contribution is 0.672. The first-order valence-corrected chi connectivity index (χ1v) is 17.9. The summed E-state index contributed by atoms with van der Waals surface area (Å²) in [6, 6.07) is 52.5. The maximum Gasteiger partial charge on any atom is 0.145 e. The minimum absolute atomic E-state index is 0.573. The highest BCUT2D eigenvalue weighted by atomic mass is 16.3. The smallest absolute Gasteiger partial charge is 0.145 e. The molecule has 0 bridgehead atoms. The van der Waals surface area contributed by atoms with Crippen molar-refractivity contribution in [2.45, 2.75) is 0 Å². The first kappa shape index (κ1) is 29.0. The molecule has 0 amide bonds. The Kier molecular flexibility index (Phi) is 5.75. The van der Waals surface area contributed by atoms with Crippen LogP contribution in [-0.2, 0) is 0 Å². The Morgan fingerprint density at radius 3 is 1.57 bits per heavy atom. The molecule has 0 spiro atoms. The van der Waals surface area contributed by atoms with Gasteiger partial charge in [0.05, 0.1) is 62.0 Å². The largest absolute Gasteiger partial charge is 0.455 e. The van der Waals surface area contributed by atoms with Crippen molar-refractivity contribution in [3.05, 3.63) is 164 Å². The lowest BCUT2D eigenvalue weighted by Crippen LogP contribution is -2.02. The van der Waals surface area contributed by atoms with Crippen molar-refractivity contribution in [1.29, 1.82) is 5.26 Å². The van der Waals surface area contributed by atoms with Crippen LogP contribution in [0.5, 0.6) is 0 Å². The van der Waals surface area contributed by atoms with Crippen molar-refractivity contribution >= 4 is 87.5 Å². The summed E-state index contributed by atoms with van der Waals surface area (Å²) in [5.74, 6) is 0. The molecule has 0 aliphatic rings. The number of hydrogen-bond donors (Lipinski definition) is 0. The Bertz CT molecular complexity index is 3590. The maximum absolute atomic E-state index is 10.3. The summed E-state index contributed by atoms with van der Waals surface area (Å²) in [5, 5.41) is 18.9. The van der Waals surface area contributed by atoms with E-state index in [-0.39, 0.29) is 0 Å². The van der Waals surface area contributed by atoms with Crippen LogP contribution >= 0.6 is 0 Å². The number of para-hydroxylation sites is 4.